The fourth-order valence-electron chi connectivity index (χ4n) is 3.68. The maximum atomic E-state index is 13.0. The van der Waals surface area contributed by atoms with Crippen molar-refractivity contribution in [3.05, 3.63) is 59.7 Å². The maximum Gasteiger partial charge on any atom is 0.272 e. The van der Waals surface area contributed by atoms with Crippen molar-refractivity contribution < 1.29 is 9.59 Å². The van der Waals surface area contributed by atoms with Gasteiger partial charge in [0.25, 0.3) is 11.8 Å². The second-order valence-electron chi connectivity index (χ2n) is 7.32. The summed E-state index contributed by atoms with van der Waals surface area (Å²) >= 11 is 0. The fraction of sp³-hybridized carbons (Fsp3) is 0.455. The van der Waals surface area contributed by atoms with Gasteiger partial charge in [-0.25, -0.2) is 0 Å². The molecule has 0 aromatic carbocycles. The van der Waals surface area contributed by atoms with E-state index in [1.807, 2.05) is 17.0 Å². The van der Waals surface area contributed by atoms with Crippen LogP contribution in [0.4, 0.5) is 0 Å². The lowest BCUT2D eigenvalue weighted by atomic mass is 9.99. The average Bonchev–Trinajstić information content (AvgIpc) is 2.77. The van der Waals surface area contributed by atoms with E-state index in [0.29, 0.717) is 17.8 Å². The van der Waals surface area contributed by atoms with Gasteiger partial charge in [0.2, 0.25) is 0 Å². The summed E-state index contributed by atoms with van der Waals surface area (Å²) in [6, 6.07) is 7.51. The molecule has 0 N–H and O–H groups in total. The van der Waals surface area contributed by atoms with Crippen molar-refractivity contribution in [1.29, 1.82) is 0 Å². The molecule has 28 heavy (non-hydrogen) atoms. The monoisotopic (exact) mass is 380 g/mol. The van der Waals surface area contributed by atoms with Crippen molar-refractivity contribution in [2.75, 3.05) is 20.1 Å². The molecule has 1 saturated heterocycles. The first-order chi connectivity index (χ1) is 13.6. The van der Waals surface area contributed by atoms with Crippen molar-refractivity contribution >= 4 is 11.8 Å². The predicted octanol–water partition coefficient (Wildman–Crippen LogP) is 3.20. The van der Waals surface area contributed by atoms with Crippen molar-refractivity contribution in [3.63, 3.8) is 0 Å². The molecule has 2 aromatic rings. The van der Waals surface area contributed by atoms with Crippen molar-refractivity contribution in [3.8, 4) is 0 Å². The Morgan fingerprint density at radius 2 is 1.96 bits per heavy atom. The molecule has 0 saturated carbocycles. The van der Waals surface area contributed by atoms with Gasteiger partial charge in [-0.1, -0.05) is 6.92 Å². The molecule has 0 bridgehead atoms. The SMILES string of the molecule is CCC1CCCCN1C(=O)c1ccnc(C(=O)N(C)CCc2ccncc2)c1. The minimum absolute atomic E-state index is 0.00226. The van der Waals surface area contributed by atoms with E-state index >= 15 is 0 Å². The Bertz CT molecular complexity index is 809. The van der Waals surface area contributed by atoms with E-state index in [1.165, 1.54) is 6.42 Å². The van der Waals surface area contributed by atoms with Crippen LogP contribution in [0.25, 0.3) is 0 Å². The molecule has 148 valence electrons. The quantitative estimate of drug-likeness (QED) is 0.772. The molecule has 3 heterocycles. The average molecular weight is 380 g/mol. The van der Waals surface area contributed by atoms with E-state index in [1.54, 1.807) is 42.7 Å². The number of carbonyl (C=O) groups excluding carboxylic acids is 2. The summed E-state index contributed by atoms with van der Waals surface area (Å²) in [6.07, 6.45) is 10.0. The van der Waals surface area contributed by atoms with Crippen LogP contribution < -0.4 is 0 Å². The molecule has 6 nitrogen and oxygen atoms in total. The summed E-state index contributed by atoms with van der Waals surface area (Å²) in [4.78, 5) is 37.6. The summed E-state index contributed by atoms with van der Waals surface area (Å²) in [5.41, 5.74) is 1.98. The number of nitrogens with zero attached hydrogens (tertiary/aromatic N) is 4. The van der Waals surface area contributed by atoms with Gasteiger partial charge in [0, 0.05) is 50.3 Å². The zero-order valence-corrected chi connectivity index (χ0v) is 16.7. The lowest BCUT2D eigenvalue weighted by molar-refractivity contribution is 0.0608. The molecule has 1 aliphatic heterocycles. The van der Waals surface area contributed by atoms with Gasteiger partial charge < -0.3 is 9.80 Å². The Morgan fingerprint density at radius 3 is 2.71 bits per heavy atom. The second-order valence-corrected chi connectivity index (χ2v) is 7.32. The minimum atomic E-state index is -0.172. The smallest absolute Gasteiger partial charge is 0.272 e. The molecule has 1 aliphatic rings. The molecular weight excluding hydrogens is 352 g/mol. The van der Waals surface area contributed by atoms with Gasteiger partial charge in [0.1, 0.15) is 5.69 Å². The standard InChI is InChI=1S/C22H28N4O2/c1-3-19-6-4-5-14-26(19)21(27)18-9-13-24-20(16-18)22(28)25(2)15-10-17-7-11-23-12-8-17/h7-9,11-13,16,19H,3-6,10,14-15H2,1-2H3. The van der Waals surface area contributed by atoms with Gasteiger partial charge in [-0.05, 0) is 61.9 Å². The lowest BCUT2D eigenvalue weighted by Gasteiger charge is -2.35. The second kappa shape index (κ2) is 9.44. The summed E-state index contributed by atoms with van der Waals surface area (Å²) in [5, 5.41) is 0. The predicted molar refractivity (Wildman–Crippen MR) is 108 cm³/mol. The first-order valence-electron chi connectivity index (χ1n) is 10.0. The van der Waals surface area contributed by atoms with E-state index < -0.39 is 0 Å². The summed E-state index contributed by atoms with van der Waals surface area (Å²) in [7, 11) is 1.76. The fourth-order valence-corrected chi connectivity index (χ4v) is 3.68. The molecule has 0 radical (unpaired) electrons. The van der Waals surface area contributed by atoms with E-state index in [-0.39, 0.29) is 17.9 Å². The Morgan fingerprint density at radius 1 is 1.18 bits per heavy atom. The highest BCUT2D eigenvalue weighted by Gasteiger charge is 2.27. The number of likely N-dealkylation sites (N-methyl/N-ethyl adjacent to an activating group) is 1. The van der Waals surface area contributed by atoms with Crippen molar-refractivity contribution in [2.24, 2.45) is 0 Å². The van der Waals surface area contributed by atoms with Crippen LogP contribution in [-0.4, -0.2) is 57.8 Å². The van der Waals surface area contributed by atoms with Crippen molar-refractivity contribution in [1.82, 2.24) is 19.8 Å². The van der Waals surface area contributed by atoms with Gasteiger partial charge in [-0.15, -0.1) is 0 Å². The van der Waals surface area contributed by atoms with Crippen LogP contribution in [-0.2, 0) is 6.42 Å². The maximum absolute atomic E-state index is 13.0. The highest BCUT2D eigenvalue weighted by atomic mass is 16.2. The number of likely N-dealkylation sites (tertiary alicyclic amines) is 1. The molecule has 3 rings (SSSR count). The zero-order valence-electron chi connectivity index (χ0n) is 16.7. The topological polar surface area (TPSA) is 66.4 Å². The summed E-state index contributed by atoms with van der Waals surface area (Å²) < 4.78 is 0. The third kappa shape index (κ3) is 4.74. The lowest BCUT2D eigenvalue weighted by Crippen LogP contribution is -2.43. The number of carbonyl (C=O) groups is 2. The first-order valence-corrected chi connectivity index (χ1v) is 10.0. The molecule has 1 unspecified atom stereocenters. The molecule has 2 aromatic heterocycles. The molecule has 6 heteroatoms. The molecule has 0 spiro atoms. The van der Waals surface area contributed by atoms with Gasteiger partial charge in [-0.2, -0.15) is 0 Å². The van der Waals surface area contributed by atoms with Gasteiger partial charge in [-0.3, -0.25) is 19.6 Å². The minimum Gasteiger partial charge on any atom is -0.340 e. The normalized spacial score (nSPS) is 16.6. The third-order valence-corrected chi connectivity index (χ3v) is 5.42. The summed E-state index contributed by atoms with van der Waals surface area (Å²) in [5.74, 6) is -0.170. The summed E-state index contributed by atoms with van der Waals surface area (Å²) in [6.45, 7) is 3.48. The highest BCUT2D eigenvalue weighted by molar-refractivity contribution is 5.98. The van der Waals surface area contributed by atoms with E-state index in [9.17, 15) is 9.59 Å². The molecule has 1 atom stereocenters. The molecule has 1 fully saturated rings. The van der Waals surface area contributed by atoms with E-state index in [2.05, 4.69) is 16.9 Å². The van der Waals surface area contributed by atoms with Crippen LogP contribution in [0.3, 0.4) is 0 Å². The number of hydrogen-bond donors (Lipinski definition) is 0. The number of piperidine rings is 1. The number of pyridine rings is 2. The van der Waals surface area contributed by atoms with E-state index in [0.717, 1.165) is 37.8 Å². The number of rotatable bonds is 6. The molecular formula is C22H28N4O2. The zero-order chi connectivity index (χ0) is 19.9. The molecule has 0 aliphatic carbocycles. The Hall–Kier alpha value is -2.76. The number of amides is 2. The largest absolute Gasteiger partial charge is 0.340 e. The van der Waals surface area contributed by atoms with Crippen LogP contribution in [0.2, 0.25) is 0 Å². The van der Waals surface area contributed by atoms with Crippen LogP contribution in [0.15, 0.2) is 42.9 Å². The van der Waals surface area contributed by atoms with Crippen molar-refractivity contribution in [2.45, 2.75) is 45.1 Å². The van der Waals surface area contributed by atoms with Crippen LogP contribution in [0.1, 0.15) is 59.0 Å². The van der Waals surface area contributed by atoms with Gasteiger partial charge >= 0.3 is 0 Å². The third-order valence-electron chi connectivity index (χ3n) is 5.42. The van der Waals surface area contributed by atoms with E-state index in [4.69, 9.17) is 0 Å². The molecule has 2 amide bonds. The Labute approximate surface area is 166 Å². The van der Waals surface area contributed by atoms with Gasteiger partial charge in [0.05, 0.1) is 0 Å². The Balaban J connectivity index is 1.67. The van der Waals surface area contributed by atoms with Crippen LogP contribution in [0.5, 0.6) is 0 Å². The number of aromatic nitrogens is 2. The first kappa shape index (κ1) is 20.0. The number of hydrogen-bond acceptors (Lipinski definition) is 4. The van der Waals surface area contributed by atoms with Crippen LogP contribution >= 0.6 is 0 Å². The highest BCUT2D eigenvalue weighted by Crippen LogP contribution is 2.22. The van der Waals surface area contributed by atoms with Crippen LogP contribution in [0, 0.1) is 0 Å². The van der Waals surface area contributed by atoms with Gasteiger partial charge in [0.15, 0.2) is 0 Å². The Kier molecular flexibility index (Phi) is 6.74.